The molecule has 108 valence electrons. The summed E-state index contributed by atoms with van der Waals surface area (Å²) in [6.45, 7) is -0.432. The molecule has 2 aromatic heterocycles. The normalized spacial score (nSPS) is 15.0. The summed E-state index contributed by atoms with van der Waals surface area (Å²) in [6.07, 6.45) is 4.14. The molecule has 1 aliphatic rings. The van der Waals surface area contributed by atoms with Gasteiger partial charge in [-0.1, -0.05) is 11.6 Å². The van der Waals surface area contributed by atoms with Crippen LogP contribution in [0.3, 0.4) is 0 Å². The van der Waals surface area contributed by atoms with Crippen molar-refractivity contribution in [3.05, 3.63) is 35.4 Å². The number of hydrogen-bond donors (Lipinski definition) is 0. The van der Waals surface area contributed by atoms with Crippen molar-refractivity contribution in [2.24, 2.45) is 5.92 Å². The molecule has 3 rings (SSSR count). The van der Waals surface area contributed by atoms with Gasteiger partial charge in [-0.15, -0.1) is 0 Å². The zero-order valence-electron chi connectivity index (χ0n) is 10.9. The maximum absolute atomic E-state index is 13.7. The predicted octanol–water partition coefficient (Wildman–Crippen LogP) is 3.52. The molecule has 21 heavy (non-hydrogen) atoms. The molecule has 1 aliphatic carbocycles. The van der Waals surface area contributed by atoms with Gasteiger partial charge in [0, 0.05) is 23.2 Å². The Morgan fingerprint density at radius 2 is 2.19 bits per heavy atom. The molecule has 0 spiro atoms. The van der Waals surface area contributed by atoms with Crippen LogP contribution < -0.4 is 0 Å². The van der Waals surface area contributed by atoms with Gasteiger partial charge >= 0.3 is 0 Å². The second-order valence-electron chi connectivity index (χ2n) is 5.11. The quantitative estimate of drug-likeness (QED) is 0.812. The van der Waals surface area contributed by atoms with E-state index in [9.17, 15) is 8.78 Å². The van der Waals surface area contributed by atoms with E-state index in [1.165, 1.54) is 23.1 Å². The summed E-state index contributed by atoms with van der Waals surface area (Å²) < 4.78 is 28.7. The molecule has 0 bridgehead atoms. The fraction of sp³-hybridized carbons (Fsp3) is 0.357. The molecule has 0 aliphatic heterocycles. The van der Waals surface area contributed by atoms with Gasteiger partial charge in [0.25, 0.3) is 5.92 Å². The zero-order valence-corrected chi connectivity index (χ0v) is 11.7. The van der Waals surface area contributed by atoms with E-state index in [0.717, 1.165) is 0 Å². The maximum Gasteiger partial charge on any atom is 0.270 e. The van der Waals surface area contributed by atoms with Crippen molar-refractivity contribution in [2.75, 3.05) is 0 Å². The SMILES string of the molecule is N#Cc1ccc(-c2cnn(CC(F)(F)C3CC3)c2)c(Cl)n1. The van der Waals surface area contributed by atoms with Gasteiger partial charge in [0.15, 0.2) is 0 Å². The molecule has 1 fully saturated rings. The molecular formula is C14H11ClF2N4. The van der Waals surface area contributed by atoms with Crippen molar-refractivity contribution in [1.29, 1.82) is 5.26 Å². The number of aromatic nitrogens is 3. The van der Waals surface area contributed by atoms with Crippen LogP contribution in [0, 0.1) is 17.2 Å². The lowest BCUT2D eigenvalue weighted by atomic mass is 10.1. The van der Waals surface area contributed by atoms with Gasteiger partial charge in [-0.2, -0.15) is 10.4 Å². The number of hydrogen-bond acceptors (Lipinski definition) is 3. The number of pyridine rings is 1. The van der Waals surface area contributed by atoms with E-state index in [0.29, 0.717) is 24.0 Å². The smallest absolute Gasteiger partial charge is 0.266 e. The largest absolute Gasteiger partial charge is 0.270 e. The number of rotatable bonds is 4. The number of halogens is 3. The van der Waals surface area contributed by atoms with E-state index in [4.69, 9.17) is 16.9 Å². The summed E-state index contributed by atoms with van der Waals surface area (Å²) in [6, 6.07) is 5.04. The van der Waals surface area contributed by atoms with Gasteiger partial charge in [0.05, 0.1) is 6.20 Å². The maximum atomic E-state index is 13.7. The van der Waals surface area contributed by atoms with Crippen LogP contribution in [-0.2, 0) is 6.54 Å². The highest BCUT2D eigenvalue weighted by atomic mass is 35.5. The number of nitriles is 1. The van der Waals surface area contributed by atoms with Gasteiger partial charge in [0.1, 0.15) is 23.5 Å². The van der Waals surface area contributed by atoms with Crippen molar-refractivity contribution in [2.45, 2.75) is 25.3 Å². The number of alkyl halides is 2. The molecule has 0 amide bonds. The molecule has 4 nitrogen and oxygen atoms in total. The predicted molar refractivity (Wildman–Crippen MR) is 72.9 cm³/mol. The highest BCUT2D eigenvalue weighted by Crippen LogP contribution is 2.44. The van der Waals surface area contributed by atoms with Gasteiger partial charge in [0.2, 0.25) is 0 Å². The van der Waals surface area contributed by atoms with E-state index >= 15 is 0 Å². The van der Waals surface area contributed by atoms with Crippen LogP contribution in [0.1, 0.15) is 18.5 Å². The summed E-state index contributed by atoms with van der Waals surface area (Å²) in [5.41, 5.74) is 1.37. The molecule has 0 atom stereocenters. The van der Waals surface area contributed by atoms with E-state index < -0.39 is 18.4 Å². The lowest BCUT2D eigenvalue weighted by Gasteiger charge is -2.14. The average molecular weight is 309 g/mol. The Kier molecular flexibility index (Phi) is 3.38. The molecule has 0 aromatic carbocycles. The lowest BCUT2D eigenvalue weighted by molar-refractivity contribution is -0.0414. The van der Waals surface area contributed by atoms with Gasteiger partial charge in [-0.3, -0.25) is 4.68 Å². The first-order valence-electron chi connectivity index (χ1n) is 6.47. The van der Waals surface area contributed by atoms with Gasteiger partial charge in [-0.05, 0) is 25.0 Å². The Balaban J connectivity index is 1.83. The molecule has 0 saturated heterocycles. The first-order valence-corrected chi connectivity index (χ1v) is 6.85. The minimum Gasteiger partial charge on any atom is -0.266 e. The first-order chi connectivity index (χ1) is 9.99. The number of nitrogens with zero attached hydrogens (tertiary/aromatic N) is 4. The van der Waals surface area contributed by atoms with Crippen LogP contribution in [0.2, 0.25) is 5.15 Å². The van der Waals surface area contributed by atoms with Crippen LogP contribution in [-0.4, -0.2) is 20.7 Å². The second kappa shape index (κ2) is 5.08. The zero-order chi connectivity index (χ0) is 15.0. The molecule has 1 saturated carbocycles. The van der Waals surface area contributed by atoms with Crippen molar-refractivity contribution >= 4 is 11.6 Å². The van der Waals surface area contributed by atoms with E-state index in [2.05, 4.69) is 10.1 Å². The average Bonchev–Trinajstić information content (AvgIpc) is 3.21. The Bertz CT molecular complexity index is 716. The van der Waals surface area contributed by atoms with Crippen molar-refractivity contribution in [3.8, 4) is 17.2 Å². The fourth-order valence-electron chi connectivity index (χ4n) is 2.15. The van der Waals surface area contributed by atoms with Crippen LogP contribution in [0.25, 0.3) is 11.1 Å². The molecule has 0 N–H and O–H groups in total. The standard InChI is InChI=1S/C14H11ClF2N4/c15-13-12(4-3-11(5-18)20-13)9-6-19-21(7-9)8-14(16,17)10-1-2-10/h3-4,6-7,10H,1-2,8H2. The van der Waals surface area contributed by atoms with Crippen LogP contribution in [0.4, 0.5) is 8.78 Å². The molecule has 0 radical (unpaired) electrons. The highest BCUT2D eigenvalue weighted by Gasteiger charge is 2.46. The van der Waals surface area contributed by atoms with Crippen molar-refractivity contribution in [3.63, 3.8) is 0 Å². The Morgan fingerprint density at radius 3 is 2.81 bits per heavy atom. The van der Waals surface area contributed by atoms with E-state index in [-0.39, 0.29) is 10.8 Å². The molecule has 7 heteroatoms. The van der Waals surface area contributed by atoms with Crippen LogP contribution >= 0.6 is 11.6 Å². The third-order valence-corrected chi connectivity index (χ3v) is 3.74. The van der Waals surface area contributed by atoms with Gasteiger partial charge in [-0.25, -0.2) is 13.8 Å². The third-order valence-electron chi connectivity index (χ3n) is 3.45. The molecule has 2 heterocycles. The molecule has 2 aromatic rings. The summed E-state index contributed by atoms with van der Waals surface area (Å²) in [5.74, 6) is -3.25. The topological polar surface area (TPSA) is 54.5 Å². The minimum absolute atomic E-state index is 0.155. The Labute approximate surface area is 125 Å². The summed E-state index contributed by atoms with van der Waals surface area (Å²) in [4.78, 5) is 3.91. The van der Waals surface area contributed by atoms with Crippen molar-refractivity contribution < 1.29 is 8.78 Å². The third kappa shape index (κ3) is 2.88. The Hall–Kier alpha value is -2.00. The van der Waals surface area contributed by atoms with Crippen molar-refractivity contribution in [1.82, 2.24) is 14.8 Å². The summed E-state index contributed by atoms with van der Waals surface area (Å²) in [5, 5.41) is 12.9. The summed E-state index contributed by atoms with van der Waals surface area (Å²) in [7, 11) is 0. The highest BCUT2D eigenvalue weighted by molar-refractivity contribution is 6.32. The lowest BCUT2D eigenvalue weighted by Crippen LogP contribution is -2.26. The second-order valence-corrected chi connectivity index (χ2v) is 5.47. The molecular weight excluding hydrogens is 298 g/mol. The fourth-order valence-corrected chi connectivity index (χ4v) is 2.41. The monoisotopic (exact) mass is 308 g/mol. The van der Waals surface area contributed by atoms with Crippen LogP contribution in [0.15, 0.2) is 24.5 Å². The van der Waals surface area contributed by atoms with E-state index in [1.54, 1.807) is 6.07 Å². The summed E-state index contributed by atoms with van der Waals surface area (Å²) >= 11 is 6.00. The molecule has 0 unspecified atom stereocenters. The first kappa shape index (κ1) is 14.0. The van der Waals surface area contributed by atoms with Crippen LogP contribution in [0.5, 0.6) is 0 Å². The Morgan fingerprint density at radius 1 is 1.43 bits per heavy atom. The minimum atomic E-state index is -2.73. The van der Waals surface area contributed by atoms with Gasteiger partial charge < -0.3 is 0 Å². The van der Waals surface area contributed by atoms with E-state index in [1.807, 2.05) is 6.07 Å².